The minimum Gasteiger partial charge on any atom is -0.379 e. The molecule has 0 atom stereocenters. The van der Waals surface area contributed by atoms with Crippen molar-refractivity contribution in [2.45, 2.75) is 39.2 Å². The van der Waals surface area contributed by atoms with Gasteiger partial charge in [0.15, 0.2) is 0 Å². The largest absolute Gasteiger partial charge is 0.379 e. The summed E-state index contributed by atoms with van der Waals surface area (Å²) in [7, 11) is 0. The molecule has 0 aromatic heterocycles. The Morgan fingerprint density at radius 3 is 2.56 bits per heavy atom. The lowest BCUT2D eigenvalue weighted by molar-refractivity contribution is -0.385. The first-order valence-electron chi connectivity index (χ1n) is 6.04. The quantitative estimate of drug-likeness (QED) is 0.667. The topological polar surface area (TPSA) is 55.2 Å². The zero-order valence-electron chi connectivity index (χ0n) is 10.8. The fraction of sp³-hybridized carbons (Fsp3) is 0.538. The van der Waals surface area contributed by atoms with Crippen molar-refractivity contribution >= 4 is 27.3 Å². The van der Waals surface area contributed by atoms with Crippen LogP contribution in [-0.2, 0) is 0 Å². The van der Waals surface area contributed by atoms with Crippen LogP contribution in [0.15, 0.2) is 16.6 Å². The van der Waals surface area contributed by atoms with E-state index in [4.69, 9.17) is 0 Å². The molecule has 0 unspecified atom stereocenters. The zero-order valence-corrected chi connectivity index (χ0v) is 12.4. The van der Waals surface area contributed by atoms with E-state index < -0.39 is 0 Å². The van der Waals surface area contributed by atoms with E-state index in [1.54, 1.807) is 13.0 Å². The maximum atomic E-state index is 10.9. The molecule has 0 spiro atoms. The third-order valence-corrected chi connectivity index (χ3v) is 4.19. The van der Waals surface area contributed by atoms with E-state index in [2.05, 4.69) is 35.1 Å². The van der Waals surface area contributed by atoms with Gasteiger partial charge in [0.2, 0.25) is 0 Å². The highest BCUT2D eigenvalue weighted by Gasteiger charge is 2.38. The van der Waals surface area contributed by atoms with Crippen LogP contribution in [0.2, 0.25) is 0 Å². The Morgan fingerprint density at radius 1 is 1.44 bits per heavy atom. The molecule has 5 heteroatoms. The third kappa shape index (κ3) is 2.66. The van der Waals surface area contributed by atoms with E-state index in [-0.39, 0.29) is 16.1 Å². The van der Waals surface area contributed by atoms with Crippen LogP contribution in [0.4, 0.5) is 11.4 Å². The molecule has 1 N–H and O–H groups in total. The minimum absolute atomic E-state index is 0.0328. The summed E-state index contributed by atoms with van der Waals surface area (Å²) in [5.74, 6) is 0.694. The van der Waals surface area contributed by atoms with Gasteiger partial charge in [-0.2, -0.15) is 0 Å². The van der Waals surface area contributed by atoms with Crippen molar-refractivity contribution in [1.82, 2.24) is 0 Å². The second kappa shape index (κ2) is 4.53. The van der Waals surface area contributed by atoms with Gasteiger partial charge in [-0.15, -0.1) is 0 Å². The number of hydrogen-bond donors (Lipinski definition) is 1. The monoisotopic (exact) mass is 312 g/mol. The predicted molar refractivity (Wildman–Crippen MR) is 76.0 cm³/mol. The number of halogens is 1. The fourth-order valence-electron chi connectivity index (χ4n) is 2.22. The van der Waals surface area contributed by atoms with E-state index in [9.17, 15) is 10.1 Å². The molecule has 0 aliphatic heterocycles. The molecule has 1 aliphatic carbocycles. The van der Waals surface area contributed by atoms with Crippen LogP contribution in [0.3, 0.4) is 0 Å². The molecule has 0 radical (unpaired) electrons. The zero-order chi connectivity index (χ0) is 13.5. The normalized spacial score (nSPS) is 15.6. The molecule has 0 bridgehead atoms. The molecule has 2 rings (SSSR count). The predicted octanol–water partition coefficient (Wildman–Crippen LogP) is 4.27. The molecule has 1 aliphatic rings. The lowest BCUT2D eigenvalue weighted by atomic mass is 9.98. The summed E-state index contributed by atoms with van der Waals surface area (Å²) in [4.78, 5) is 10.5. The van der Waals surface area contributed by atoms with Gasteiger partial charge in [0.05, 0.1) is 4.92 Å². The van der Waals surface area contributed by atoms with Crippen LogP contribution in [0.25, 0.3) is 0 Å². The van der Waals surface area contributed by atoms with Gasteiger partial charge in [-0.1, -0.05) is 0 Å². The highest BCUT2D eigenvalue weighted by atomic mass is 79.9. The number of anilines is 1. The van der Waals surface area contributed by atoms with Crippen molar-refractivity contribution in [3.63, 3.8) is 0 Å². The van der Waals surface area contributed by atoms with Crippen molar-refractivity contribution in [3.05, 3.63) is 32.3 Å². The molecule has 1 aromatic rings. The second-order valence-electron chi connectivity index (χ2n) is 5.50. The summed E-state index contributed by atoms with van der Waals surface area (Å²) in [5.41, 5.74) is 1.79. The van der Waals surface area contributed by atoms with Crippen LogP contribution >= 0.6 is 15.9 Å². The van der Waals surface area contributed by atoms with Gasteiger partial charge in [0.1, 0.15) is 0 Å². The standard InChI is InChI=1S/C13H17BrN2O2/c1-8-6-11(10(14)7-12(8)16(17)18)15-13(2,3)9-4-5-9/h6-7,9,15H,4-5H2,1-3H3. The van der Waals surface area contributed by atoms with Crippen molar-refractivity contribution in [2.75, 3.05) is 5.32 Å². The lowest BCUT2D eigenvalue weighted by Gasteiger charge is -2.28. The van der Waals surface area contributed by atoms with Crippen LogP contribution in [-0.4, -0.2) is 10.5 Å². The van der Waals surface area contributed by atoms with E-state index in [1.165, 1.54) is 12.8 Å². The minimum atomic E-state index is -0.351. The average Bonchev–Trinajstić information content (AvgIpc) is 3.05. The number of nitro benzene ring substituents is 1. The van der Waals surface area contributed by atoms with Gasteiger partial charge in [0.25, 0.3) is 5.69 Å². The summed E-state index contributed by atoms with van der Waals surface area (Å²) in [6.45, 7) is 6.11. The Kier molecular flexibility index (Phi) is 3.36. The highest BCUT2D eigenvalue weighted by Crippen LogP contribution is 2.42. The summed E-state index contributed by atoms with van der Waals surface area (Å²) >= 11 is 3.40. The Labute approximate surface area is 115 Å². The van der Waals surface area contributed by atoms with Crippen LogP contribution in [0, 0.1) is 23.0 Å². The smallest absolute Gasteiger partial charge is 0.273 e. The van der Waals surface area contributed by atoms with Crippen LogP contribution in [0.1, 0.15) is 32.3 Å². The molecule has 0 heterocycles. The first-order chi connectivity index (χ1) is 8.31. The number of rotatable bonds is 4. The van der Waals surface area contributed by atoms with Crippen molar-refractivity contribution < 1.29 is 4.92 Å². The first kappa shape index (κ1) is 13.3. The summed E-state index contributed by atoms with van der Waals surface area (Å²) in [6, 6.07) is 3.41. The van der Waals surface area contributed by atoms with Gasteiger partial charge in [-0.05, 0) is 61.5 Å². The molecule has 1 aromatic carbocycles. The number of nitrogens with zero attached hydrogens (tertiary/aromatic N) is 1. The van der Waals surface area contributed by atoms with Gasteiger partial charge < -0.3 is 5.32 Å². The molecule has 4 nitrogen and oxygen atoms in total. The first-order valence-corrected chi connectivity index (χ1v) is 6.83. The Hall–Kier alpha value is -1.10. The molecule has 0 amide bonds. The number of nitrogens with one attached hydrogen (secondary N) is 1. The molecular formula is C13H17BrN2O2. The van der Waals surface area contributed by atoms with E-state index in [0.717, 1.165) is 10.2 Å². The number of nitro groups is 1. The van der Waals surface area contributed by atoms with E-state index in [0.29, 0.717) is 11.5 Å². The molecule has 0 saturated heterocycles. The number of aryl methyl sites for hydroxylation is 1. The number of hydrogen-bond acceptors (Lipinski definition) is 3. The molecule has 1 saturated carbocycles. The van der Waals surface area contributed by atoms with Crippen molar-refractivity contribution in [2.24, 2.45) is 5.92 Å². The highest BCUT2D eigenvalue weighted by molar-refractivity contribution is 9.10. The van der Waals surface area contributed by atoms with Crippen LogP contribution in [0.5, 0.6) is 0 Å². The summed E-state index contributed by atoms with van der Waals surface area (Å²) < 4.78 is 0.744. The van der Waals surface area contributed by atoms with Gasteiger partial charge in [-0.3, -0.25) is 10.1 Å². The van der Waals surface area contributed by atoms with Crippen molar-refractivity contribution in [1.29, 1.82) is 0 Å². The molecule has 1 fully saturated rings. The molecule has 18 heavy (non-hydrogen) atoms. The summed E-state index contributed by atoms with van der Waals surface area (Å²) in [5, 5.41) is 14.3. The van der Waals surface area contributed by atoms with Gasteiger partial charge in [-0.25, -0.2) is 0 Å². The maximum absolute atomic E-state index is 10.9. The number of benzene rings is 1. The van der Waals surface area contributed by atoms with E-state index in [1.807, 2.05) is 6.07 Å². The van der Waals surface area contributed by atoms with Gasteiger partial charge >= 0.3 is 0 Å². The Balaban J connectivity index is 2.29. The summed E-state index contributed by atoms with van der Waals surface area (Å²) in [6.07, 6.45) is 2.51. The van der Waals surface area contributed by atoms with Crippen molar-refractivity contribution in [3.8, 4) is 0 Å². The molecule has 98 valence electrons. The third-order valence-electron chi connectivity index (χ3n) is 3.54. The second-order valence-corrected chi connectivity index (χ2v) is 6.35. The lowest BCUT2D eigenvalue weighted by Crippen LogP contribution is -2.33. The van der Waals surface area contributed by atoms with E-state index >= 15 is 0 Å². The molecular weight excluding hydrogens is 296 g/mol. The maximum Gasteiger partial charge on any atom is 0.273 e. The average molecular weight is 313 g/mol. The Morgan fingerprint density at radius 2 is 2.06 bits per heavy atom. The van der Waals surface area contributed by atoms with Crippen LogP contribution < -0.4 is 5.32 Å². The fourth-order valence-corrected chi connectivity index (χ4v) is 2.65. The SMILES string of the molecule is Cc1cc(NC(C)(C)C2CC2)c(Br)cc1[N+](=O)[O-]. The van der Waals surface area contributed by atoms with Gasteiger partial charge in [0, 0.05) is 27.3 Å². The Bertz CT molecular complexity index is 496.